The number of carbonyl (C=O) groups excluding carboxylic acids is 2. The SMILES string of the molecule is N#CCCN1C(=O)NC2(CCN(CCN3CCCC3)CC2)C1=O. The molecule has 0 saturated carbocycles. The molecule has 23 heavy (non-hydrogen) atoms. The van der Waals surface area contributed by atoms with Gasteiger partial charge in [-0.15, -0.1) is 0 Å². The normalized spacial score (nSPS) is 25.1. The van der Waals surface area contributed by atoms with Gasteiger partial charge in [0.2, 0.25) is 0 Å². The maximum Gasteiger partial charge on any atom is 0.325 e. The molecule has 3 aliphatic rings. The number of urea groups is 1. The molecule has 0 atom stereocenters. The average molecular weight is 319 g/mol. The van der Waals surface area contributed by atoms with E-state index in [4.69, 9.17) is 5.26 Å². The van der Waals surface area contributed by atoms with Crippen LogP contribution >= 0.6 is 0 Å². The van der Waals surface area contributed by atoms with E-state index >= 15 is 0 Å². The third-order valence-electron chi connectivity index (χ3n) is 5.33. The molecule has 3 saturated heterocycles. The number of nitrogens with zero attached hydrogens (tertiary/aromatic N) is 4. The summed E-state index contributed by atoms with van der Waals surface area (Å²) in [6, 6.07) is 1.65. The Kier molecular flexibility index (Phi) is 4.83. The topological polar surface area (TPSA) is 79.7 Å². The van der Waals surface area contributed by atoms with Crippen LogP contribution < -0.4 is 5.32 Å². The van der Waals surface area contributed by atoms with Gasteiger partial charge in [0.25, 0.3) is 5.91 Å². The Morgan fingerprint density at radius 2 is 1.61 bits per heavy atom. The molecule has 1 N–H and O–H groups in total. The summed E-state index contributed by atoms with van der Waals surface area (Å²) in [5.74, 6) is -0.142. The summed E-state index contributed by atoms with van der Waals surface area (Å²) >= 11 is 0. The van der Waals surface area contributed by atoms with Gasteiger partial charge in [0.05, 0.1) is 12.5 Å². The molecule has 3 fully saturated rings. The van der Waals surface area contributed by atoms with E-state index in [1.807, 2.05) is 6.07 Å². The van der Waals surface area contributed by atoms with Crippen LogP contribution in [0, 0.1) is 11.3 Å². The van der Waals surface area contributed by atoms with Crippen LogP contribution in [-0.2, 0) is 4.79 Å². The molecule has 0 aromatic rings. The Morgan fingerprint density at radius 3 is 2.22 bits per heavy atom. The second kappa shape index (κ2) is 6.85. The van der Waals surface area contributed by atoms with Gasteiger partial charge in [0.15, 0.2) is 0 Å². The smallest absolute Gasteiger partial charge is 0.323 e. The lowest BCUT2D eigenvalue weighted by Crippen LogP contribution is -2.55. The van der Waals surface area contributed by atoms with Crippen LogP contribution in [0.4, 0.5) is 4.79 Å². The van der Waals surface area contributed by atoms with E-state index in [1.165, 1.54) is 30.8 Å². The third kappa shape index (κ3) is 3.33. The highest BCUT2D eigenvalue weighted by atomic mass is 16.2. The third-order valence-corrected chi connectivity index (χ3v) is 5.33. The summed E-state index contributed by atoms with van der Waals surface area (Å²) in [7, 11) is 0. The van der Waals surface area contributed by atoms with E-state index in [0.717, 1.165) is 26.2 Å². The van der Waals surface area contributed by atoms with Gasteiger partial charge >= 0.3 is 6.03 Å². The molecular weight excluding hydrogens is 294 g/mol. The lowest BCUT2D eigenvalue weighted by atomic mass is 9.87. The van der Waals surface area contributed by atoms with Crippen LogP contribution in [0.2, 0.25) is 0 Å². The zero-order valence-electron chi connectivity index (χ0n) is 13.6. The molecule has 0 radical (unpaired) electrons. The molecule has 3 amide bonds. The van der Waals surface area contributed by atoms with Crippen LogP contribution in [0.15, 0.2) is 0 Å². The Bertz CT molecular complexity index is 501. The summed E-state index contributed by atoms with van der Waals surface area (Å²) in [5.41, 5.74) is -0.726. The zero-order valence-corrected chi connectivity index (χ0v) is 13.6. The molecule has 7 nitrogen and oxygen atoms in total. The Balaban J connectivity index is 1.50. The molecule has 126 valence electrons. The number of carbonyl (C=O) groups is 2. The van der Waals surface area contributed by atoms with Gasteiger partial charge in [-0.05, 0) is 38.8 Å². The minimum atomic E-state index is -0.726. The number of hydrogen-bond donors (Lipinski definition) is 1. The van der Waals surface area contributed by atoms with E-state index in [1.54, 1.807) is 0 Å². The van der Waals surface area contributed by atoms with Crippen molar-refractivity contribution in [2.24, 2.45) is 0 Å². The first-order valence-corrected chi connectivity index (χ1v) is 8.60. The molecule has 0 aliphatic carbocycles. The average Bonchev–Trinajstić information content (AvgIpc) is 3.14. The van der Waals surface area contributed by atoms with Crippen LogP contribution in [0.5, 0.6) is 0 Å². The zero-order chi connectivity index (χ0) is 16.3. The molecule has 0 unspecified atom stereocenters. The van der Waals surface area contributed by atoms with E-state index in [-0.39, 0.29) is 24.9 Å². The maximum atomic E-state index is 12.6. The van der Waals surface area contributed by atoms with Gasteiger partial charge < -0.3 is 15.1 Å². The van der Waals surface area contributed by atoms with Gasteiger partial charge in [0.1, 0.15) is 5.54 Å². The first-order chi connectivity index (χ1) is 11.1. The molecule has 3 rings (SSSR count). The first-order valence-electron chi connectivity index (χ1n) is 8.60. The van der Waals surface area contributed by atoms with Crippen molar-refractivity contribution in [3.63, 3.8) is 0 Å². The van der Waals surface area contributed by atoms with Crippen LogP contribution in [-0.4, -0.2) is 78.0 Å². The lowest BCUT2D eigenvalue weighted by Gasteiger charge is -2.37. The fourth-order valence-corrected chi connectivity index (χ4v) is 3.83. The highest BCUT2D eigenvalue weighted by Crippen LogP contribution is 2.29. The fraction of sp³-hybridized carbons (Fsp3) is 0.812. The van der Waals surface area contributed by atoms with Gasteiger partial charge in [-0.2, -0.15) is 5.26 Å². The summed E-state index contributed by atoms with van der Waals surface area (Å²) in [5, 5.41) is 11.5. The summed E-state index contributed by atoms with van der Waals surface area (Å²) in [6.07, 6.45) is 4.14. The summed E-state index contributed by atoms with van der Waals surface area (Å²) in [4.78, 5) is 30.7. The Labute approximate surface area is 137 Å². The minimum Gasteiger partial charge on any atom is -0.323 e. The molecule has 0 bridgehead atoms. The van der Waals surface area contributed by atoms with Crippen molar-refractivity contribution in [2.45, 2.75) is 37.6 Å². The van der Waals surface area contributed by atoms with Crippen LogP contribution in [0.25, 0.3) is 0 Å². The highest BCUT2D eigenvalue weighted by Gasteiger charge is 2.51. The minimum absolute atomic E-state index is 0.142. The second-order valence-electron chi connectivity index (χ2n) is 6.77. The van der Waals surface area contributed by atoms with Crippen molar-refractivity contribution in [1.29, 1.82) is 5.26 Å². The number of piperidine rings is 1. The van der Waals surface area contributed by atoms with E-state index in [0.29, 0.717) is 12.8 Å². The molecule has 3 aliphatic heterocycles. The monoisotopic (exact) mass is 319 g/mol. The number of nitriles is 1. The van der Waals surface area contributed by atoms with Crippen molar-refractivity contribution in [3.8, 4) is 6.07 Å². The van der Waals surface area contributed by atoms with Crippen molar-refractivity contribution in [2.75, 3.05) is 45.8 Å². The number of rotatable bonds is 5. The van der Waals surface area contributed by atoms with Crippen LogP contribution in [0.1, 0.15) is 32.1 Å². The molecule has 0 aromatic carbocycles. The number of nitrogens with one attached hydrogen (secondary N) is 1. The maximum absolute atomic E-state index is 12.6. The van der Waals surface area contributed by atoms with Crippen LogP contribution in [0.3, 0.4) is 0 Å². The van der Waals surface area contributed by atoms with Gasteiger partial charge in [-0.1, -0.05) is 0 Å². The predicted molar refractivity (Wildman–Crippen MR) is 84.6 cm³/mol. The molecule has 7 heteroatoms. The first kappa shape index (κ1) is 16.2. The standard InChI is InChI=1S/C16H25N5O2/c17-6-3-9-21-14(22)16(18-15(21)23)4-10-20(11-5-16)13-12-19-7-1-2-8-19/h1-5,7-13H2,(H,18,23). The van der Waals surface area contributed by atoms with Crippen molar-refractivity contribution >= 4 is 11.9 Å². The van der Waals surface area contributed by atoms with Gasteiger partial charge in [-0.25, -0.2) is 4.79 Å². The lowest BCUT2D eigenvalue weighted by molar-refractivity contribution is -0.132. The number of imide groups is 1. The summed E-state index contributed by atoms with van der Waals surface area (Å²) < 4.78 is 0. The van der Waals surface area contributed by atoms with Crippen molar-refractivity contribution in [1.82, 2.24) is 20.0 Å². The van der Waals surface area contributed by atoms with E-state index in [2.05, 4.69) is 15.1 Å². The second-order valence-corrected chi connectivity index (χ2v) is 6.77. The quantitative estimate of drug-likeness (QED) is 0.741. The number of likely N-dealkylation sites (tertiary alicyclic amines) is 2. The van der Waals surface area contributed by atoms with Gasteiger partial charge in [-0.3, -0.25) is 9.69 Å². The predicted octanol–water partition coefficient (Wildman–Crippen LogP) is 0.382. The number of amides is 3. The largest absolute Gasteiger partial charge is 0.325 e. The Morgan fingerprint density at radius 1 is 1.00 bits per heavy atom. The van der Waals surface area contributed by atoms with Crippen molar-refractivity contribution in [3.05, 3.63) is 0 Å². The molecule has 0 aromatic heterocycles. The molecule has 1 spiro atoms. The number of hydrogen-bond acceptors (Lipinski definition) is 5. The fourth-order valence-electron chi connectivity index (χ4n) is 3.83. The molecule has 3 heterocycles. The van der Waals surface area contributed by atoms with E-state index in [9.17, 15) is 9.59 Å². The van der Waals surface area contributed by atoms with Gasteiger partial charge in [0, 0.05) is 32.7 Å². The summed E-state index contributed by atoms with van der Waals surface area (Å²) in [6.45, 7) is 6.43. The highest BCUT2D eigenvalue weighted by molar-refractivity contribution is 6.07. The van der Waals surface area contributed by atoms with E-state index < -0.39 is 5.54 Å². The Hall–Kier alpha value is -1.65. The van der Waals surface area contributed by atoms with Crippen molar-refractivity contribution < 1.29 is 9.59 Å². The molecular formula is C16H25N5O2.